The van der Waals surface area contributed by atoms with E-state index >= 15 is 0 Å². The first-order valence-corrected chi connectivity index (χ1v) is 5.71. The Morgan fingerprint density at radius 3 is 1.86 bits per heavy atom. The summed E-state index contributed by atoms with van der Waals surface area (Å²) in [5.41, 5.74) is -1.66. The highest BCUT2D eigenvalue weighted by atomic mass is 19.2. The fourth-order valence-corrected chi connectivity index (χ4v) is 1.40. The van der Waals surface area contributed by atoms with Crippen LogP contribution in [-0.2, 0) is 9.53 Å². The minimum atomic E-state index is -2.38. The third-order valence-electron chi connectivity index (χ3n) is 2.42. The van der Waals surface area contributed by atoms with E-state index in [2.05, 4.69) is 4.74 Å². The molecule has 1 atom stereocenters. The van der Waals surface area contributed by atoms with Gasteiger partial charge in [-0.3, -0.25) is 4.79 Å². The first kappa shape index (κ1) is 16.9. The Morgan fingerprint density at radius 2 is 1.43 bits per heavy atom. The molecule has 0 aliphatic rings. The van der Waals surface area contributed by atoms with Crippen LogP contribution in [0.1, 0.15) is 24.2 Å². The van der Waals surface area contributed by atoms with Gasteiger partial charge in [0.1, 0.15) is 11.6 Å². The van der Waals surface area contributed by atoms with Gasteiger partial charge in [0.2, 0.25) is 5.82 Å². The zero-order valence-corrected chi connectivity index (χ0v) is 10.9. The molecule has 0 radical (unpaired) electrons. The molecule has 21 heavy (non-hydrogen) atoms. The van der Waals surface area contributed by atoms with E-state index in [1.165, 1.54) is 6.92 Å². The molecule has 0 aliphatic carbocycles. The van der Waals surface area contributed by atoms with E-state index in [0.29, 0.717) is 0 Å². The molecule has 0 heterocycles. The number of hydrogen-bond donors (Lipinski definition) is 1. The summed E-state index contributed by atoms with van der Waals surface area (Å²) in [6.07, 6.45) is 0. The van der Waals surface area contributed by atoms with Crippen molar-refractivity contribution in [3.05, 3.63) is 34.6 Å². The average Bonchev–Trinajstić information content (AvgIpc) is 2.43. The lowest BCUT2D eigenvalue weighted by atomic mass is 10.1. The number of esters is 1. The van der Waals surface area contributed by atoms with E-state index in [4.69, 9.17) is 0 Å². The monoisotopic (exact) mass is 311 g/mol. The van der Waals surface area contributed by atoms with Gasteiger partial charge in [-0.1, -0.05) is 0 Å². The summed E-state index contributed by atoms with van der Waals surface area (Å²) in [6, 6.07) is -1.33. The van der Waals surface area contributed by atoms with Gasteiger partial charge in [0, 0.05) is 0 Å². The van der Waals surface area contributed by atoms with Crippen molar-refractivity contribution in [1.29, 1.82) is 0 Å². The number of ether oxygens (including phenoxy) is 1. The zero-order chi connectivity index (χ0) is 16.3. The molecular formula is C12H10F5NO3. The summed E-state index contributed by atoms with van der Waals surface area (Å²) in [6.45, 7) is 2.60. The number of halogens is 5. The number of benzene rings is 1. The van der Waals surface area contributed by atoms with E-state index in [9.17, 15) is 31.5 Å². The SMILES string of the molecule is CCOC(=O)C(C)NC(=O)c1c(F)c(F)c(F)c(F)c1F. The van der Waals surface area contributed by atoms with Crippen LogP contribution in [-0.4, -0.2) is 24.5 Å². The van der Waals surface area contributed by atoms with E-state index in [1.54, 1.807) is 5.32 Å². The maximum absolute atomic E-state index is 13.4. The molecule has 0 fully saturated rings. The summed E-state index contributed by atoms with van der Waals surface area (Å²) in [5.74, 6) is -14.0. The molecule has 0 bridgehead atoms. The normalized spacial score (nSPS) is 12.0. The van der Waals surface area contributed by atoms with E-state index < -0.39 is 52.6 Å². The summed E-state index contributed by atoms with van der Waals surface area (Å²) in [4.78, 5) is 22.8. The molecule has 0 saturated heterocycles. The van der Waals surface area contributed by atoms with Gasteiger partial charge in [0.25, 0.3) is 5.91 Å². The molecule has 1 rings (SSSR count). The Bertz CT molecular complexity index is 562. The highest BCUT2D eigenvalue weighted by Gasteiger charge is 2.31. The molecule has 1 aromatic rings. The molecule has 1 aromatic carbocycles. The van der Waals surface area contributed by atoms with Crippen LogP contribution in [0.2, 0.25) is 0 Å². The molecular weight excluding hydrogens is 301 g/mol. The van der Waals surface area contributed by atoms with Crippen molar-refractivity contribution < 1.29 is 36.3 Å². The van der Waals surface area contributed by atoms with Gasteiger partial charge in [-0.25, -0.2) is 26.7 Å². The van der Waals surface area contributed by atoms with Gasteiger partial charge in [0.15, 0.2) is 23.3 Å². The van der Waals surface area contributed by atoms with Crippen molar-refractivity contribution in [3.8, 4) is 0 Å². The van der Waals surface area contributed by atoms with Crippen LogP contribution in [0.5, 0.6) is 0 Å². The van der Waals surface area contributed by atoms with Gasteiger partial charge >= 0.3 is 5.97 Å². The van der Waals surface area contributed by atoms with Gasteiger partial charge in [-0.15, -0.1) is 0 Å². The molecule has 9 heteroatoms. The third kappa shape index (κ3) is 3.29. The lowest BCUT2D eigenvalue weighted by Crippen LogP contribution is -2.40. The summed E-state index contributed by atoms with van der Waals surface area (Å²) < 4.78 is 69.9. The quantitative estimate of drug-likeness (QED) is 0.401. The van der Waals surface area contributed by atoms with Crippen LogP contribution in [0.25, 0.3) is 0 Å². The van der Waals surface area contributed by atoms with Gasteiger partial charge in [-0.2, -0.15) is 0 Å². The standard InChI is InChI=1S/C12H10F5NO3/c1-3-21-12(20)4(2)18-11(19)5-6(13)8(15)10(17)9(16)7(5)14/h4H,3H2,1-2H3,(H,18,19). The van der Waals surface area contributed by atoms with Crippen molar-refractivity contribution in [2.45, 2.75) is 19.9 Å². The van der Waals surface area contributed by atoms with Crippen LogP contribution in [0, 0.1) is 29.1 Å². The number of rotatable bonds is 4. The Hall–Kier alpha value is -2.19. The maximum Gasteiger partial charge on any atom is 0.328 e. The van der Waals surface area contributed by atoms with E-state index in [-0.39, 0.29) is 6.61 Å². The molecule has 1 unspecified atom stereocenters. The van der Waals surface area contributed by atoms with Crippen molar-refractivity contribution in [2.75, 3.05) is 6.61 Å². The number of amides is 1. The lowest BCUT2D eigenvalue weighted by Gasteiger charge is -2.14. The third-order valence-corrected chi connectivity index (χ3v) is 2.42. The second-order valence-corrected chi connectivity index (χ2v) is 3.89. The smallest absolute Gasteiger partial charge is 0.328 e. The predicted octanol–water partition coefficient (Wildman–Crippen LogP) is 2.06. The van der Waals surface area contributed by atoms with Gasteiger partial charge in [-0.05, 0) is 13.8 Å². The zero-order valence-electron chi connectivity index (χ0n) is 10.9. The van der Waals surface area contributed by atoms with Crippen molar-refractivity contribution in [1.82, 2.24) is 5.32 Å². The first-order chi connectivity index (χ1) is 9.72. The van der Waals surface area contributed by atoms with Crippen molar-refractivity contribution in [2.24, 2.45) is 0 Å². The van der Waals surface area contributed by atoms with Crippen molar-refractivity contribution in [3.63, 3.8) is 0 Å². The summed E-state index contributed by atoms with van der Waals surface area (Å²) >= 11 is 0. The summed E-state index contributed by atoms with van der Waals surface area (Å²) in [7, 11) is 0. The molecule has 116 valence electrons. The number of carbonyl (C=O) groups excluding carboxylic acids is 2. The highest BCUT2D eigenvalue weighted by Crippen LogP contribution is 2.22. The van der Waals surface area contributed by atoms with Crippen LogP contribution in [0.4, 0.5) is 22.0 Å². The second-order valence-electron chi connectivity index (χ2n) is 3.89. The van der Waals surface area contributed by atoms with Crippen LogP contribution < -0.4 is 5.32 Å². The Kier molecular flexibility index (Phi) is 5.23. The molecule has 1 N–H and O–H groups in total. The Morgan fingerprint density at radius 1 is 1.00 bits per heavy atom. The van der Waals surface area contributed by atoms with Crippen LogP contribution >= 0.6 is 0 Å². The largest absolute Gasteiger partial charge is 0.464 e. The highest BCUT2D eigenvalue weighted by molar-refractivity contribution is 5.97. The average molecular weight is 311 g/mol. The molecule has 0 spiro atoms. The predicted molar refractivity (Wildman–Crippen MR) is 59.8 cm³/mol. The molecule has 0 saturated carbocycles. The maximum atomic E-state index is 13.4. The summed E-state index contributed by atoms with van der Waals surface area (Å²) in [5, 5.41) is 1.79. The fourth-order valence-electron chi connectivity index (χ4n) is 1.40. The van der Waals surface area contributed by atoms with Crippen molar-refractivity contribution >= 4 is 11.9 Å². The molecule has 4 nitrogen and oxygen atoms in total. The van der Waals surface area contributed by atoms with Crippen LogP contribution in [0.3, 0.4) is 0 Å². The van der Waals surface area contributed by atoms with E-state index in [1.807, 2.05) is 0 Å². The number of carbonyl (C=O) groups is 2. The number of nitrogens with one attached hydrogen (secondary N) is 1. The Balaban J connectivity index is 3.12. The first-order valence-electron chi connectivity index (χ1n) is 5.71. The van der Waals surface area contributed by atoms with E-state index in [0.717, 1.165) is 6.92 Å². The second kappa shape index (κ2) is 6.51. The van der Waals surface area contributed by atoms with Gasteiger partial charge in [0.05, 0.1) is 6.61 Å². The Labute approximate surface area is 115 Å². The molecule has 0 aliphatic heterocycles. The fraction of sp³-hybridized carbons (Fsp3) is 0.333. The lowest BCUT2D eigenvalue weighted by molar-refractivity contribution is -0.144. The topological polar surface area (TPSA) is 55.4 Å². The number of hydrogen-bond acceptors (Lipinski definition) is 3. The molecule has 1 amide bonds. The minimum Gasteiger partial charge on any atom is -0.464 e. The minimum absolute atomic E-state index is 0.0123. The van der Waals surface area contributed by atoms with Crippen LogP contribution in [0.15, 0.2) is 0 Å². The molecule has 0 aromatic heterocycles. The van der Waals surface area contributed by atoms with Gasteiger partial charge < -0.3 is 10.1 Å².